The molecule has 0 aliphatic carbocycles. The molecule has 1 aliphatic heterocycles. The zero-order valence-electron chi connectivity index (χ0n) is 16.0. The lowest BCUT2D eigenvalue weighted by Crippen LogP contribution is -2.44. The molecule has 2 heterocycles. The molecule has 2 aromatic rings. The van der Waals surface area contributed by atoms with E-state index in [-0.39, 0.29) is 24.5 Å². The lowest BCUT2D eigenvalue weighted by atomic mass is 9.92. The Kier molecular flexibility index (Phi) is 5.58. The van der Waals surface area contributed by atoms with E-state index in [1.807, 2.05) is 0 Å². The van der Waals surface area contributed by atoms with E-state index < -0.39 is 5.97 Å². The van der Waals surface area contributed by atoms with Gasteiger partial charge in [0.2, 0.25) is 0 Å². The monoisotopic (exact) mass is 371 g/mol. The third-order valence-corrected chi connectivity index (χ3v) is 4.92. The van der Waals surface area contributed by atoms with E-state index in [9.17, 15) is 14.4 Å². The van der Waals surface area contributed by atoms with Gasteiger partial charge in [-0.3, -0.25) is 14.4 Å². The largest absolute Gasteiger partial charge is 0.455 e. The van der Waals surface area contributed by atoms with Crippen LogP contribution < -0.4 is 5.56 Å². The predicted octanol–water partition coefficient (Wildman–Crippen LogP) is 1.52. The van der Waals surface area contributed by atoms with Crippen LogP contribution in [0.2, 0.25) is 0 Å². The van der Waals surface area contributed by atoms with Gasteiger partial charge in [-0.1, -0.05) is 32.0 Å². The second-order valence-corrected chi connectivity index (χ2v) is 7.50. The van der Waals surface area contributed by atoms with Crippen molar-refractivity contribution in [1.82, 2.24) is 14.7 Å². The van der Waals surface area contributed by atoms with Gasteiger partial charge in [0.1, 0.15) is 0 Å². The van der Waals surface area contributed by atoms with Crippen molar-refractivity contribution in [2.24, 2.45) is 18.9 Å². The number of rotatable bonds is 4. The van der Waals surface area contributed by atoms with Crippen LogP contribution in [0.25, 0.3) is 10.8 Å². The van der Waals surface area contributed by atoms with Crippen molar-refractivity contribution in [2.45, 2.75) is 26.7 Å². The maximum atomic E-state index is 12.3. The Morgan fingerprint density at radius 1 is 1.15 bits per heavy atom. The van der Waals surface area contributed by atoms with E-state index in [1.165, 1.54) is 4.68 Å². The number of hydrogen-bond acceptors (Lipinski definition) is 5. The number of carbonyl (C=O) groups is 2. The number of benzene rings is 1. The topological polar surface area (TPSA) is 81.5 Å². The Balaban J connectivity index is 1.65. The lowest BCUT2D eigenvalue weighted by molar-refractivity contribution is -0.152. The van der Waals surface area contributed by atoms with Crippen molar-refractivity contribution in [3.05, 3.63) is 40.3 Å². The summed E-state index contributed by atoms with van der Waals surface area (Å²) in [7, 11) is 1.55. The summed E-state index contributed by atoms with van der Waals surface area (Å²) in [6, 6.07) is 7.02. The molecular weight excluding hydrogens is 346 g/mol. The Labute approximate surface area is 157 Å². The van der Waals surface area contributed by atoms with Gasteiger partial charge in [0.05, 0.1) is 17.5 Å². The van der Waals surface area contributed by atoms with E-state index in [1.54, 1.807) is 36.2 Å². The highest BCUT2D eigenvalue weighted by Gasteiger charge is 2.26. The van der Waals surface area contributed by atoms with E-state index in [4.69, 9.17) is 4.74 Å². The number of amides is 1. The highest BCUT2D eigenvalue weighted by molar-refractivity contribution is 5.87. The molecule has 0 bridgehead atoms. The molecule has 1 amide bonds. The zero-order chi connectivity index (χ0) is 19.6. The Bertz CT molecular complexity index is 911. The van der Waals surface area contributed by atoms with Gasteiger partial charge in [-0.25, -0.2) is 4.68 Å². The fourth-order valence-corrected chi connectivity index (χ4v) is 3.79. The van der Waals surface area contributed by atoms with Gasteiger partial charge in [-0.2, -0.15) is 5.10 Å². The minimum atomic E-state index is -0.530. The number of hydrogen-bond donors (Lipinski definition) is 0. The van der Waals surface area contributed by atoms with Crippen LogP contribution >= 0.6 is 0 Å². The smallest absolute Gasteiger partial charge is 0.312 e. The average molecular weight is 371 g/mol. The third kappa shape index (κ3) is 4.35. The van der Waals surface area contributed by atoms with Crippen LogP contribution in [0.1, 0.15) is 26.0 Å². The molecule has 7 nitrogen and oxygen atoms in total. The zero-order valence-corrected chi connectivity index (χ0v) is 16.0. The van der Waals surface area contributed by atoms with E-state index in [0.29, 0.717) is 41.4 Å². The molecular formula is C20H25N3O4. The summed E-state index contributed by atoms with van der Waals surface area (Å²) in [5.41, 5.74) is 0.247. The van der Waals surface area contributed by atoms with Crippen LogP contribution in [0.15, 0.2) is 29.1 Å². The van der Waals surface area contributed by atoms with Gasteiger partial charge in [0.25, 0.3) is 11.5 Å². The van der Waals surface area contributed by atoms with Gasteiger partial charge in [-0.15, -0.1) is 0 Å². The quantitative estimate of drug-likeness (QED) is 0.761. The second-order valence-electron chi connectivity index (χ2n) is 7.50. The van der Waals surface area contributed by atoms with Crippen LogP contribution in [-0.2, 0) is 27.8 Å². The number of fused-ring (bicyclic) bond motifs is 1. The van der Waals surface area contributed by atoms with Crippen LogP contribution in [0, 0.1) is 11.8 Å². The number of piperidine rings is 1. The van der Waals surface area contributed by atoms with Crippen molar-refractivity contribution >= 4 is 22.6 Å². The average Bonchev–Trinajstić information content (AvgIpc) is 2.63. The van der Waals surface area contributed by atoms with Crippen molar-refractivity contribution in [3.8, 4) is 0 Å². The summed E-state index contributed by atoms with van der Waals surface area (Å²) in [5, 5.41) is 5.32. The minimum Gasteiger partial charge on any atom is -0.455 e. The van der Waals surface area contributed by atoms with Crippen molar-refractivity contribution < 1.29 is 14.3 Å². The highest BCUT2D eigenvalue weighted by atomic mass is 16.5. The number of aryl methyl sites for hydroxylation is 1. The van der Waals surface area contributed by atoms with Gasteiger partial charge in [-0.05, 0) is 24.3 Å². The first kappa shape index (κ1) is 19.1. The summed E-state index contributed by atoms with van der Waals surface area (Å²) in [4.78, 5) is 38.5. The number of carbonyl (C=O) groups excluding carboxylic acids is 2. The molecule has 7 heteroatoms. The fraction of sp³-hybridized carbons (Fsp3) is 0.500. The molecule has 1 fully saturated rings. The Morgan fingerprint density at radius 2 is 1.78 bits per heavy atom. The molecule has 27 heavy (non-hydrogen) atoms. The molecule has 3 rings (SSSR count). The first-order valence-corrected chi connectivity index (χ1v) is 9.23. The SMILES string of the molecule is C[C@@H]1C[C@H](C)CN(C(=O)COC(=O)Cc2nn(C)c(=O)c3ccccc23)C1. The molecule has 2 atom stereocenters. The van der Waals surface area contributed by atoms with E-state index >= 15 is 0 Å². The summed E-state index contributed by atoms with van der Waals surface area (Å²) in [6.07, 6.45) is 1.02. The fourth-order valence-electron chi connectivity index (χ4n) is 3.79. The molecule has 1 aromatic carbocycles. The Hall–Kier alpha value is -2.70. The molecule has 0 saturated carbocycles. The molecule has 1 saturated heterocycles. The van der Waals surface area contributed by atoms with Gasteiger partial charge >= 0.3 is 5.97 Å². The highest BCUT2D eigenvalue weighted by Crippen LogP contribution is 2.21. The number of likely N-dealkylation sites (tertiary alicyclic amines) is 1. The van der Waals surface area contributed by atoms with Crippen molar-refractivity contribution in [2.75, 3.05) is 19.7 Å². The van der Waals surface area contributed by atoms with Gasteiger partial charge < -0.3 is 9.64 Å². The maximum Gasteiger partial charge on any atom is 0.312 e. The van der Waals surface area contributed by atoms with E-state index in [0.717, 1.165) is 6.42 Å². The molecule has 1 aromatic heterocycles. The van der Waals surface area contributed by atoms with Crippen LogP contribution in [0.3, 0.4) is 0 Å². The predicted molar refractivity (Wildman–Crippen MR) is 101 cm³/mol. The van der Waals surface area contributed by atoms with Crippen LogP contribution in [0.4, 0.5) is 0 Å². The molecule has 0 spiro atoms. The molecule has 0 unspecified atom stereocenters. The van der Waals surface area contributed by atoms with Crippen LogP contribution in [0.5, 0.6) is 0 Å². The molecule has 0 N–H and O–H groups in total. The van der Waals surface area contributed by atoms with Crippen molar-refractivity contribution in [3.63, 3.8) is 0 Å². The number of esters is 1. The molecule has 0 radical (unpaired) electrons. The Morgan fingerprint density at radius 3 is 2.44 bits per heavy atom. The number of ether oxygens (including phenoxy) is 1. The molecule has 1 aliphatic rings. The summed E-state index contributed by atoms with van der Waals surface area (Å²) < 4.78 is 6.41. The number of nitrogens with zero attached hydrogens (tertiary/aromatic N) is 3. The molecule has 144 valence electrons. The van der Waals surface area contributed by atoms with Crippen LogP contribution in [-0.4, -0.2) is 46.3 Å². The van der Waals surface area contributed by atoms with Gasteiger partial charge in [0, 0.05) is 25.5 Å². The summed E-state index contributed by atoms with van der Waals surface area (Å²) >= 11 is 0. The normalized spacial score (nSPS) is 19.9. The first-order valence-electron chi connectivity index (χ1n) is 9.23. The summed E-state index contributed by atoms with van der Waals surface area (Å²) in [5.74, 6) is 0.210. The van der Waals surface area contributed by atoms with Crippen molar-refractivity contribution in [1.29, 1.82) is 0 Å². The minimum absolute atomic E-state index is 0.0886. The second kappa shape index (κ2) is 7.90. The van der Waals surface area contributed by atoms with E-state index in [2.05, 4.69) is 18.9 Å². The maximum absolute atomic E-state index is 12.3. The first-order chi connectivity index (χ1) is 12.8. The summed E-state index contributed by atoms with van der Waals surface area (Å²) in [6.45, 7) is 5.39. The lowest BCUT2D eigenvalue weighted by Gasteiger charge is -2.34. The van der Waals surface area contributed by atoms with Gasteiger partial charge in [0.15, 0.2) is 6.61 Å². The third-order valence-electron chi connectivity index (χ3n) is 4.92. The number of aromatic nitrogens is 2. The standard InChI is InChI=1S/C20H25N3O4/c1-13-8-14(2)11-23(10-13)18(24)12-27-19(25)9-17-15-6-4-5-7-16(15)20(26)22(3)21-17/h4-7,13-14H,8-12H2,1-3H3/t13-,14+.